The third kappa shape index (κ3) is 4.25. The van der Waals surface area contributed by atoms with Gasteiger partial charge < -0.3 is 15.5 Å². The molecule has 0 bridgehead atoms. The quantitative estimate of drug-likeness (QED) is 0.457. The van der Waals surface area contributed by atoms with Gasteiger partial charge in [0.25, 0.3) is 5.91 Å². The third-order valence-electron chi connectivity index (χ3n) is 3.10. The van der Waals surface area contributed by atoms with E-state index in [0.29, 0.717) is 11.3 Å². The van der Waals surface area contributed by atoms with E-state index in [4.69, 9.17) is 10.2 Å². The maximum atomic E-state index is 14.1. The maximum Gasteiger partial charge on any atom is 0.277 e. The second-order valence-corrected chi connectivity index (χ2v) is 4.77. The Morgan fingerprint density at radius 3 is 2.42 bits per heavy atom. The van der Waals surface area contributed by atoms with Crippen molar-refractivity contribution in [2.24, 2.45) is 0 Å². The number of benzene rings is 2. The van der Waals surface area contributed by atoms with Crippen molar-refractivity contribution in [3.05, 3.63) is 59.2 Å². The minimum atomic E-state index is -1.21. The number of amides is 1. The molecule has 2 aromatic carbocycles. The summed E-state index contributed by atoms with van der Waals surface area (Å²) >= 11 is 0. The molecule has 4 N–H and O–H groups in total. The summed E-state index contributed by atoms with van der Waals surface area (Å²) in [6.45, 7) is -0.592. The highest BCUT2D eigenvalue weighted by molar-refractivity contribution is 5.99. The monoisotopic (exact) mass is 338 g/mol. The van der Waals surface area contributed by atoms with Crippen molar-refractivity contribution in [1.29, 1.82) is 0 Å². The zero-order chi connectivity index (χ0) is 17.5. The van der Waals surface area contributed by atoms with Gasteiger partial charge in [-0.1, -0.05) is 12.1 Å². The molecule has 2 rings (SSSR count). The van der Waals surface area contributed by atoms with E-state index in [1.165, 1.54) is 0 Å². The number of hydrogen-bond acceptors (Lipinski definition) is 5. The largest absolute Gasteiger partial charge is 0.394 e. The van der Waals surface area contributed by atoms with Crippen LogP contribution in [-0.2, 0) is 11.4 Å². The number of carbonyl (C=O) groups is 1. The molecule has 0 spiro atoms. The van der Waals surface area contributed by atoms with Gasteiger partial charge in [-0.25, -0.2) is 14.3 Å². The Labute approximate surface area is 136 Å². The molecule has 0 saturated heterocycles. The van der Waals surface area contributed by atoms with Crippen molar-refractivity contribution in [3.8, 4) is 0 Å². The second-order valence-electron chi connectivity index (χ2n) is 4.77. The Kier molecular flexibility index (Phi) is 6.19. The Morgan fingerprint density at radius 1 is 1.08 bits per heavy atom. The summed E-state index contributed by atoms with van der Waals surface area (Å²) in [6, 6.07) is 8.25. The molecule has 0 aliphatic carbocycles. The molecule has 0 saturated carbocycles. The summed E-state index contributed by atoms with van der Waals surface area (Å²) < 4.78 is 27.6. The molecule has 24 heavy (non-hydrogen) atoms. The third-order valence-corrected chi connectivity index (χ3v) is 3.10. The fourth-order valence-electron chi connectivity index (χ4n) is 1.92. The van der Waals surface area contributed by atoms with E-state index in [-0.39, 0.29) is 31.1 Å². The number of nitrogens with one attached hydrogen (secondary N) is 2. The number of rotatable bonds is 7. The minimum absolute atomic E-state index is 0.138. The van der Waals surface area contributed by atoms with Gasteiger partial charge in [-0.05, 0) is 29.8 Å². The van der Waals surface area contributed by atoms with Gasteiger partial charge in [0.2, 0.25) is 0 Å². The van der Waals surface area contributed by atoms with Crippen LogP contribution in [-0.4, -0.2) is 29.3 Å². The van der Waals surface area contributed by atoms with E-state index >= 15 is 0 Å². The Hall–Kier alpha value is -2.55. The molecular formula is C16H16F2N2O4. The highest BCUT2D eigenvalue weighted by Gasteiger charge is 2.19. The lowest BCUT2D eigenvalue weighted by Gasteiger charge is -2.14. The Bertz CT molecular complexity index is 708. The topological polar surface area (TPSA) is 90.8 Å². The van der Waals surface area contributed by atoms with Crippen molar-refractivity contribution in [2.75, 3.05) is 18.5 Å². The molecule has 0 heterocycles. The predicted molar refractivity (Wildman–Crippen MR) is 82.5 cm³/mol. The van der Waals surface area contributed by atoms with Crippen LogP contribution in [0, 0.1) is 11.6 Å². The summed E-state index contributed by atoms with van der Waals surface area (Å²) in [5.74, 6) is -3.12. The number of carbonyl (C=O) groups excluding carboxylic acids is 1. The molecule has 0 unspecified atom stereocenters. The van der Waals surface area contributed by atoms with E-state index < -0.39 is 17.5 Å². The van der Waals surface area contributed by atoms with Gasteiger partial charge in [0.05, 0.1) is 31.1 Å². The standard InChI is InChI=1S/C16H16F2N2O4/c17-13-6-5-12(16(23)20-24-8-7-21)15(14(13)18)19-11-3-1-10(9-22)2-4-11/h1-6,19,21-22H,7-9H2,(H,20,23). The molecule has 1 amide bonds. The highest BCUT2D eigenvalue weighted by Crippen LogP contribution is 2.26. The molecule has 0 aliphatic rings. The van der Waals surface area contributed by atoms with Crippen LogP contribution in [0.1, 0.15) is 15.9 Å². The zero-order valence-electron chi connectivity index (χ0n) is 12.6. The number of hydrogen-bond donors (Lipinski definition) is 4. The van der Waals surface area contributed by atoms with E-state index in [1.54, 1.807) is 24.3 Å². The van der Waals surface area contributed by atoms with Gasteiger partial charge in [0, 0.05) is 5.69 Å². The molecular weight excluding hydrogens is 322 g/mol. The molecule has 8 heteroatoms. The van der Waals surface area contributed by atoms with Gasteiger partial charge in [-0.3, -0.25) is 9.63 Å². The second kappa shape index (κ2) is 8.34. The highest BCUT2D eigenvalue weighted by atomic mass is 19.2. The summed E-state index contributed by atoms with van der Waals surface area (Å²) in [5, 5.41) is 20.3. The van der Waals surface area contributed by atoms with E-state index in [9.17, 15) is 13.6 Å². The van der Waals surface area contributed by atoms with Crippen LogP contribution in [0.15, 0.2) is 36.4 Å². The van der Waals surface area contributed by atoms with Crippen LogP contribution >= 0.6 is 0 Å². The Morgan fingerprint density at radius 2 is 1.79 bits per heavy atom. The number of hydroxylamine groups is 1. The van der Waals surface area contributed by atoms with E-state index in [1.807, 2.05) is 5.48 Å². The molecule has 6 nitrogen and oxygen atoms in total. The molecule has 2 aromatic rings. The number of aliphatic hydroxyl groups excluding tert-OH is 2. The number of aliphatic hydroxyl groups is 2. The first kappa shape index (κ1) is 17.8. The van der Waals surface area contributed by atoms with Gasteiger partial charge in [-0.2, -0.15) is 0 Å². The lowest BCUT2D eigenvalue weighted by atomic mass is 10.1. The molecule has 0 radical (unpaired) electrons. The van der Waals surface area contributed by atoms with Crippen molar-refractivity contribution in [3.63, 3.8) is 0 Å². The van der Waals surface area contributed by atoms with Crippen molar-refractivity contribution >= 4 is 17.3 Å². The summed E-state index contributed by atoms with van der Waals surface area (Å²) in [4.78, 5) is 16.7. The minimum Gasteiger partial charge on any atom is -0.394 e. The first-order valence-electron chi connectivity index (χ1n) is 7.04. The summed E-state index contributed by atoms with van der Waals surface area (Å²) in [5.41, 5.74) is 2.56. The molecule has 0 fully saturated rings. The fraction of sp³-hybridized carbons (Fsp3) is 0.188. The first-order chi connectivity index (χ1) is 11.6. The van der Waals surface area contributed by atoms with Crippen molar-refractivity contribution < 1.29 is 28.6 Å². The van der Waals surface area contributed by atoms with Crippen LogP contribution in [0.25, 0.3) is 0 Å². The van der Waals surface area contributed by atoms with Crippen LogP contribution < -0.4 is 10.8 Å². The van der Waals surface area contributed by atoms with E-state index in [2.05, 4.69) is 10.2 Å². The zero-order valence-corrected chi connectivity index (χ0v) is 12.6. The van der Waals surface area contributed by atoms with Crippen LogP contribution in [0.2, 0.25) is 0 Å². The van der Waals surface area contributed by atoms with Crippen molar-refractivity contribution in [2.45, 2.75) is 6.61 Å². The molecule has 0 aromatic heterocycles. The van der Waals surface area contributed by atoms with Gasteiger partial charge in [0.1, 0.15) is 0 Å². The SMILES string of the molecule is O=C(NOCCO)c1ccc(F)c(F)c1Nc1ccc(CO)cc1. The average molecular weight is 338 g/mol. The van der Waals surface area contributed by atoms with Crippen molar-refractivity contribution in [1.82, 2.24) is 5.48 Å². The lowest BCUT2D eigenvalue weighted by Crippen LogP contribution is -2.26. The predicted octanol–water partition coefficient (Wildman–Crippen LogP) is 1.85. The van der Waals surface area contributed by atoms with Crippen LogP contribution in [0.3, 0.4) is 0 Å². The molecule has 0 atom stereocenters. The van der Waals surface area contributed by atoms with Gasteiger partial charge >= 0.3 is 0 Å². The molecule has 0 aliphatic heterocycles. The van der Waals surface area contributed by atoms with Crippen LogP contribution in [0.5, 0.6) is 0 Å². The first-order valence-corrected chi connectivity index (χ1v) is 7.04. The smallest absolute Gasteiger partial charge is 0.277 e. The van der Waals surface area contributed by atoms with Crippen LogP contribution in [0.4, 0.5) is 20.2 Å². The average Bonchev–Trinajstić information content (AvgIpc) is 2.60. The van der Waals surface area contributed by atoms with E-state index in [0.717, 1.165) is 12.1 Å². The Balaban J connectivity index is 2.28. The normalized spacial score (nSPS) is 10.5. The maximum absolute atomic E-state index is 14.1. The van der Waals surface area contributed by atoms with Gasteiger partial charge in [0.15, 0.2) is 11.6 Å². The number of halogens is 2. The molecule has 128 valence electrons. The lowest BCUT2D eigenvalue weighted by molar-refractivity contribution is 0.0168. The van der Waals surface area contributed by atoms with Gasteiger partial charge in [-0.15, -0.1) is 0 Å². The summed E-state index contributed by atoms with van der Waals surface area (Å²) in [6.07, 6.45) is 0. The fourth-order valence-corrected chi connectivity index (χ4v) is 1.92. The number of anilines is 2. The summed E-state index contributed by atoms with van der Waals surface area (Å²) in [7, 11) is 0.